The van der Waals surface area contributed by atoms with Crippen LogP contribution in [-0.2, 0) is 4.79 Å². The summed E-state index contributed by atoms with van der Waals surface area (Å²) in [7, 11) is 0. The van der Waals surface area contributed by atoms with Crippen LogP contribution in [0.5, 0.6) is 0 Å². The summed E-state index contributed by atoms with van der Waals surface area (Å²) in [5.74, 6) is -0.812. The molecule has 6 nitrogen and oxygen atoms in total. The highest BCUT2D eigenvalue weighted by Gasteiger charge is 2.07. The van der Waals surface area contributed by atoms with Crippen molar-refractivity contribution < 1.29 is 9.59 Å². The number of hydrogen-bond acceptors (Lipinski definition) is 4. The van der Waals surface area contributed by atoms with E-state index in [0.29, 0.717) is 0 Å². The van der Waals surface area contributed by atoms with Crippen molar-refractivity contribution in [2.24, 2.45) is 0 Å². The van der Waals surface area contributed by atoms with Crippen LogP contribution in [0, 0.1) is 0 Å². The summed E-state index contributed by atoms with van der Waals surface area (Å²) < 4.78 is 0. The molecule has 2 heterocycles. The number of carbonyl (C=O) groups excluding carboxylic acids is 2. The van der Waals surface area contributed by atoms with Crippen molar-refractivity contribution in [3.63, 3.8) is 0 Å². The van der Waals surface area contributed by atoms with Crippen LogP contribution in [0.4, 0.5) is 0 Å². The normalized spacial score (nSPS) is 9.74. The molecule has 2 rings (SSSR count). The molecule has 6 heteroatoms. The number of nitrogens with one attached hydrogen (secondary N) is 2. The van der Waals surface area contributed by atoms with Gasteiger partial charge in [0.05, 0.1) is 0 Å². The first-order valence-electron chi connectivity index (χ1n) is 5.60. The number of rotatable bonds is 2. The number of hydrazine groups is 1. The van der Waals surface area contributed by atoms with Gasteiger partial charge in [0.1, 0.15) is 5.69 Å². The third kappa shape index (κ3) is 3.35. The van der Waals surface area contributed by atoms with Crippen LogP contribution in [-0.4, -0.2) is 21.8 Å². The topological polar surface area (TPSA) is 84.0 Å². The van der Waals surface area contributed by atoms with Gasteiger partial charge < -0.3 is 0 Å². The van der Waals surface area contributed by atoms with Gasteiger partial charge in [-0.1, -0.05) is 12.1 Å². The molecule has 0 aliphatic rings. The highest BCUT2D eigenvalue weighted by atomic mass is 16.2. The lowest BCUT2D eigenvalue weighted by atomic mass is 10.1. The number of amides is 2. The Labute approximate surface area is 109 Å². The molecule has 0 bridgehead atoms. The number of aromatic nitrogens is 2. The molecule has 0 spiro atoms. The van der Waals surface area contributed by atoms with Crippen LogP contribution in [0.3, 0.4) is 0 Å². The molecule has 0 aromatic carbocycles. The Kier molecular flexibility index (Phi) is 3.82. The van der Waals surface area contributed by atoms with Gasteiger partial charge in [0.2, 0.25) is 5.91 Å². The first-order valence-corrected chi connectivity index (χ1v) is 5.60. The van der Waals surface area contributed by atoms with Gasteiger partial charge in [0.15, 0.2) is 0 Å². The zero-order chi connectivity index (χ0) is 13.7. The van der Waals surface area contributed by atoms with E-state index in [2.05, 4.69) is 20.8 Å². The number of hydrogen-bond donors (Lipinski definition) is 2. The van der Waals surface area contributed by atoms with E-state index in [1.807, 2.05) is 12.1 Å². The van der Waals surface area contributed by atoms with Crippen molar-refractivity contribution in [2.75, 3.05) is 0 Å². The first kappa shape index (κ1) is 12.7. The predicted molar refractivity (Wildman–Crippen MR) is 68.8 cm³/mol. The van der Waals surface area contributed by atoms with Crippen molar-refractivity contribution in [2.45, 2.75) is 6.92 Å². The second kappa shape index (κ2) is 5.72. The highest BCUT2D eigenvalue weighted by molar-refractivity contribution is 5.93. The lowest BCUT2D eigenvalue weighted by molar-refractivity contribution is -0.119. The molecule has 0 fully saturated rings. The van der Waals surface area contributed by atoms with Gasteiger partial charge in [-0.15, -0.1) is 0 Å². The summed E-state index contributed by atoms with van der Waals surface area (Å²) in [6.07, 6.45) is 4.99. The Morgan fingerprint density at radius 3 is 2.42 bits per heavy atom. The molecule has 19 heavy (non-hydrogen) atoms. The van der Waals surface area contributed by atoms with E-state index in [4.69, 9.17) is 0 Å². The molecule has 0 unspecified atom stereocenters. The Morgan fingerprint density at radius 2 is 1.84 bits per heavy atom. The van der Waals surface area contributed by atoms with Crippen molar-refractivity contribution in [1.82, 2.24) is 20.8 Å². The molecule has 96 valence electrons. The molecular formula is C13H12N4O2. The molecule has 0 atom stereocenters. The summed E-state index contributed by atoms with van der Waals surface area (Å²) in [5, 5.41) is 0. The van der Waals surface area contributed by atoms with Crippen LogP contribution in [0.2, 0.25) is 0 Å². The second-order valence-corrected chi connectivity index (χ2v) is 3.81. The molecule has 0 saturated carbocycles. The minimum Gasteiger partial charge on any atom is -0.274 e. The standard InChI is InChI=1S/C13H12N4O2/c1-9(18)16-17-13(19)12-5-4-11(8-15-12)10-3-2-6-14-7-10/h2-8H,1H3,(H,16,18)(H,17,19). The zero-order valence-electron chi connectivity index (χ0n) is 10.3. The van der Waals surface area contributed by atoms with Gasteiger partial charge in [0.25, 0.3) is 5.91 Å². The van der Waals surface area contributed by atoms with E-state index in [0.717, 1.165) is 11.1 Å². The molecule has 2 aromatic rings. The number of nitrogens with zero attached hydrogens (tertiary/aromatic N) is 2. The Hall–Kier alpha value is -2.76. The molecule has 0 aliphatic carbocycles. The Balaban J connectivity index is 2.10. The van der Waals surface area contributed by atoms with E-state index in [-0.39, 0.29) is 11.6 Å². The number of carbonyl (C=O) groups is 2. The average Bonchev–Trinajstić information content (AvgIpc) is 2.46. The SMILES string of the molecule is CC(=O)NNC(=O)c1ccc(-c2cccnc2)cn1. The van der Waals surface area contributed by atoms with Gasteiger partial charge >= 0.3 is 0 Å². The first-order chi connectivity index (χ1) is 9.16. The van der Waals surface area contributed by atoms with Crippen molar-refractivity contribution in [3.05, 3.63) is 48.5 Å². The Bertz CT molecular complexity index is 581. The smallest absolute Gasteiger partial charge is 0.274 e. The molecule has 0 aliphatic heterocycles. The lowest BCUT2D eigenvalue weighted by Gasteiger charge is -2.05. The van der Waals surface area contributed by atoms with Gasteiger partial charge in [-0.3, -0.25) is 30.4 Å². The maximum absolute atomic E-state index is 11.6. The van der Waals surface area contributed by atoms with Crippen LogP contribution in [0.25, 0.3) is 11.1 Å². The fourth-order valence-corrected chi connectivity index (χ4v) is 1.44. The minimum absolute atomic E-state index is 0.224. The van der Waals surface area contributed by atoms with Gasteiger partial charge in [0, 0.05) is 36.6 Å². The number of pyridine rings is 2. The monoisotopic (exact) mass is 256 g/mol. The second-order valence-electron chi connectivity index (χ2n) is 3.81. The average molecular weight is 256 g/mol. The summed E-state index contributed by atoms with van der Waals surface area (Å²) in [6.45, 7) is 1.30. The molecule has 2 N–H and O–H groups in total. The van der Waals surface area contributed by atoms with E-state index in [1.165, 1.54) is 6.92 Å². The summed E-state index contributed by atoms with van der Waals surface area (Å²) in [4.78, 5) is 30.3. The van der Waals surface area contributed by atoms with Gasteiger partial charge in [-0.2, -0.15) is 0 Å². The van der Waals surface area contributed by atoms with Crippen LogP contribution >= 0.6 is 0 Å². The lowest BCUT2D eigenvalue weighted by Crippen LogP contribution is -2.40. The van der Waals surface area contributed by atoms with Crippen molar-refractivity contribution in [3.8, 4) is 11.1 Å². The van der Waals surface area contributed by atoms with Crippen LogP contribution in [0.1, 0.15) is 17.4 Å². The molecular weight excluding hydrogens is 244 g/mol. The zero-order valence-corrected chi connectivity index (χ0v) is 10.3. The van der Waals surface area contributed by atoms with Crippen molar-refractivity contribution >= 4 is 11.8 Å². The Morgan fingerprint density at radius 1 is 1.05 bits per heavy atom. The molecule has 2 amide bonds. The van der Waals surface area contributed by atoms with Crippen molar-refractivity contribution in [1.29, 1.82) is 0 Å². The molecule has 2 aromatic heterocycles. The fourth-order valence-electron chi connectivity index (χ4n) is 1.44. The van der Waals surface area contributed by atoms with Gasteiger partial charge in [-0.25, -0.2) is 0 Å². The van der Waals surface area contributed by atoms with E-state index in [1.54, 1.807) is 30.7 Å². The van der Waals surface area contributed by atoms with E-state index >= 15 is 0 Å². The third-order valence-electron chi connectivity index (χ3n) is 2.34. The quantitative estimate of drug-likeness (QED) is 0.783. The van der Waals surface area contributed by atoms with Crippen LogP contribution < -0.4 is 10.9 Å². The minimum atomic E-state index is -0.465. The summed E-state index contributed by atoms with van der Waals surface area (Å²) >= 11 is 0. The molecule has 0 radical (unpaired) electrons. The van der Waals surface area contributed by atoms with E-state index in [9.17, 15) is 9.59 Å². The largest absolute Gasteiger partial charge is 0.288 e. The highest BCUT2D eigenvalue weighted by Crippen LogP contribution is 2.16. The van der Waals surface area contributed by atoms with E-state index < -0.39 is 5.91 Å². The predicted octanol–water partition coefficient (Wildman–Crippen LogP) is 0.924. The molecule has 0 saturated heterocycles. The maximum Gasteiger partial charge on any atom is 0.288 e. The summed E-state index contributed by atoms with van der Waals surface area (Å²) in [6, 6.07) is 7.08. The fraction of sp³-hybridized carbons (Fsp3) is 0.0769. The van der Waals surface area contributed by atoms with Gasteiger partial charge in [-0.05, 0) is 12.1 Å². The summed E-state index contributed by atoms with van der Waals surface area (Å²) in [5.41, 5.74) is 6.45. The maximum atomic E-state index is 11.6. The third-order valence-corrected chi connectivity index (χ3v) is 2.34. The van der Waals surface area contributed by atoms with Crippen LogP contribution in [0.15, 0.2) is 42.9 Å².